The fourth-order valence-corrected chi connectivity index (χ4v) is 3.56. The molecule has 140 valence electrons. The molecule has 1 saturated carbocycles. The van der Waals surface area contributed by atoms with Crippen molar-refractivity contribution in [1.29, 1.82) is 0 Å². The third-order valence-corrected chi connectivity index (χ3v) is 5.47. The van der Waals surface area contributed by atoms with Crippen LogP contribution in [0.5, 0.6) is 0 Å². The van der Waals surface area contributed by atoms with Gasteiger partial charge in [0.05, 0.1) is 5.41 Å². The van der Waals surface area contributed by atoms with Gasteiger partial charge in [0.2, 0.25) is 5.91 Å². The van der Waals surface area contributed by atoms with Gasteiger partial charge in [0.15, 0.2) is 0 Å². The van der Waals surface area contributed by atoms with Gasteiger partial charge in [-0.3, -0.25) is 9.59 Å². The number of ether oxygens (including phenoxy) is 1. The molecule has 1 heterocycles. The van der Waals surface area contributed by atoms with Gasteiger partial charge in [-0.1, -0.05) is 23.7 Å². The van der Waals surface area contributed by atoms with Crippen molar-refractivity contribution >= 4 is 34.8 Å². The molecule has 1 aliphatic carbocycles. The summed E-state index contributed by atoms with van der Waals surface area (Å²) in [4.78, 5) is 24.9. The second kappa shape index (κ2) is 7.33. The molecule has 0 radical (unpaired) electrons. The van der Waals surface area contributed by atoms with Crippen molar-refractivity contribution in [2.24, 2.45) is 0 Å². The lowest BCUT2D eigenvalue weighted by molar-refractivity contribution is -0.124. The maximum absolute atomic E-state index is 12.8. The third-order valence-electron chi connectivity index (χ3n) is 5.21. The molecule has 2 aromatic carbocycles. The fourth-order valence-electron chi connectivity index (χ4n) is 3.44. The summed E-state index contributed by atoms with van der Waals surface area (Å²) in [5.41, 5.74) is 1.92. The summed E-state index contributed by atoms with van der Waals surface area (Å²) in [6.07, 6.45) is 2.97. The van der Waals surface area contributed by atoms with E-state index in [2.05, 4.69) is 10.6 Å². The van der Waals surface area contributed by atoms with Crippen LogP contribution in [-0.4, -0.2) is 24.5 Å². The maximum atomic E-state index is 12.8. The lowest BCUT2D eigenvalue weighted by Gasteiger charge is -2.16. The highest BCUT2D eigenvalue weighted by molar-refractivity contribution is 6.30. The average Bonchev–Trinajstić information content (AvgIpc) is 3.30. The summed E-state index contributed by atoms with van der Waals surface area (Å²) in [6.45, 7) is 0.637. The highest BCUT2D eigenvalue weighted by Gasteiger charge is 2.51. The SMILES string of the molecule is O=C(Nc1ccc(NC(=O)C2(c3ccc(Cl)cc3)CC2)cc1)C1CCCO1. The molecule has 1 unspecified atom stereocenters. The molecule has 0 bridgehead atoms. The lowest BCUT2D eigenvalue weighted by atomic mass is 9.95. The predicted molar refractivity (Wildman–Crippen MR) is 105 cm³/mol. The molecule has 2 aromatic rings. The van der Waals surface area contributed by atoms with E-state index in [9.17, 15) is 9.59 Å². The van der Waals surface area contributed by atoms with Gasteiger partial charge in [0.1, 0.15) is 6.10 Å². The summed E-state index contributed by atoms with van der Waals surface area (Å²) < 4.78 is 5.38. The number of anilines is 2. The third kappa shape index (κ3) is 3.84. The highest BCUT2D eigenvalue weighted by Crippen LogP contribution is 2.49. The summed E-state index contributed by atoms with van der Waals surface area (Å²) >= 11 is 5.95. The van der Waals surface area contributed by atoms with E-state index in [0.29, 0.717) is 23.0 Å². The van der Waals surface area contributed by atoms with Crippen molar-refractivity contribution in [2.45, 2.75) is 37.2 Å². The van der Waals surface area contributed by atoms with Crippen molar-refractivity contribution in [2.75, 3.05) is 17.2 Å². The first-order chi connectivity index (χ1) is 13.1. The van der Waals surface area contributed by atoms with Gasteiger partial charge >= 0.3 is 0 Å². The average molecular weight is 385 g/mol. The molecule has 0 spiro atoms. The Morgan fingerprint density at radius 2 is 1.59 bits per heavy atom. The normalized spacial score (nSPS) is 20.1. The van der Waals surface area contributed by atoms with Crippen LogP contribution in [-0.2, 0) is 19.7 Å². The number of rotatable bonds is 5. The molecule has 5 nitrogen and oxygen atoms in total. The minimum Gasteiger partial charge on any atom is -0.368 e. The summed E-state index contributed by atoms with van der Waals surface area (Å²) in [5, 5.41) is 6.50. The second-order valence-corrected chi connectivity index (χ2v) is 7.55. The molecule has 1 aliphatic heterocycles. The first-order valence-corrected chi connectivity index (χ1v) is 9.55. The second-order valence-electron chi connectivity index (χ2n) is 7.11. The smallest absolute Gasteiger partial charge is 0.253 e. The van der Waals surface area contributed by atoms with E-state index < -0.39 is 5.41 Å². The van der Waals surface area contributed by atoms with E-state index in [0.717, 1.165) is 31.2 Å². The molecule has 4 rings (SSSR count). The summed E-state index contributed by atoms with van der Waals surface area (Å²) in [7, 11) is 0. The highest BCUT2D eigenvalue weighted by atomic mass is 35.5. The quantitative estimate of drug-likeness (QED) is 0.814. The molecule has 27 heavy (non-hydrogen) atoms. The van der Waals surface area contributed by atoms with Crippen LogP contribution in [0.25, 0.3) is 0 Å². The van der Waals surface area contributed by atoms with E-state index in [4.69, 9.17) is 16.3 Å². The largest absolute Gasteiger partial charge is 0.368 e. The van der Waals surface area contributed by atoms with Crippen LogP contribution < -0.4 is 10.6 Å². The Morgan fingerprint density at radius 3 is 2.15 bits per heavy atom. The topological polar surface area (TPSA) is 67.4 Å². The van der Waals surface area contributed by atoms with E-state index in [1.807, 2.05) is 24.3 Å². The monoisotopic (exact) mass is 384 g/mol. The first-order valence-electron chi connectivity index (χ1n) is 9.17. The lowest BCUT2D eigenvalue weighted by Crippen LogP contribution is -2.28. The van der Waals surface area contributed by atoms with Gasteiger partial charge < -0.3 is 15.4 Å². The van der Waals surface area contributed by atoms with E-state index in [1.165, 1.54) is 0 Å². The van der Waals surface area contributed by atoms with Gasteiger partial charge in [0.25, 0.3) is 5.91 Å². The van der Waals surface area contributed by atoms with Gasteiger partial charge in [-0.05, 0) is 67.6 Å². The van der Waals surface area contributed by atoms with Crippen molar-refractivity contribution < 1.29 is 14.3 Å². The Labute approximate surface area is 163 Å². The van der Waals surface area contributed by atoms with Crippen LogP contribution in [0, 0.1) is 0 Å². The van der Waals surface area contributed by atoms with Crippen molar-refractivity contribution in [3.63, 3.8) is 0 Å². The van der Waals surface area contributed by atoms with E-state index in [-0.39, 0.29) is 17.9 Å². The molecule has 0 aromatic heterocycles. The number of nitrogens with one attached hydrogen (secondary N) is 2. The Kier molecular flexibility index (Phi) is 4.89. The number of hydrogen-bond acceptors (Lipinski definition) is 3. The summed E-state index contributed by atoms with van der Waals surface area (Å²) in [6, 6.07) is 14.6. The number of amides is 2. The molecular weight excluding hydrogens is 364 g/mol. The minimum absolute atomic E-state index is 0.0130. The molecular formula is C21H21ClN2O3. The van der Waals surface area contributed by atoms with Crippen LogP contribution in [0.3, 0.4) is 0 Å². The van der Waals surface area contributed by atoms with Gasteiger partial charge in [-0.15, -0.1) is 0 Å². The van der Waals surface area contributed by atoms with E-state index >= 15 is 0 Å². The standard InChI is InChI=1S/C21H21ClN2O3/c22-15-5-3-14(4-6-15)21(11-12-21)20(26)24-17-9-7-16(8-10-17)23-19(25)18-2-1-13-27-18/h3-10,18H,1-2,11-13H2,(H,23,25)(H,24,26). The van der Waals surface area contributed by atoms with Crippen LogP contribution in [0.1, 0.15) is 31.2 Å². The zero-order valence-electron chi connectivity index (χ0n) is 14.8. The Morgan fingerprint density at radius 1 is 0.963 bits per heavy atom. The number of carbonyl (C=O) groups is 2. The molecule has 1 saturated heterocycles. The molecule has 6 heteroatoms. The van der Waals surface area contributed by atoms with Crippen molar-refractivity contribution in [3.8, 4) is 0 Å². The van der Waals surface area contributed by atoms with E-state index in [1.54, 1.807) is 24.3 Å². The fraction of sp³-hybridized carbons (Fsp3) is 0.333. The molecule has 2 aliphatic rings. The Bertz CT molecular complexity index is 839. The molecule has 2 amide bonds. The first kappa shape index (κ1) is 18.0. The molecule has 1 atom stereocenters. The zero-order valence-corrected chi connectivity index (χ0v) is 15.6. The number of halogens is 1. The number of carbonyl (C=O) groups excluding carboxylic acids is 2. The van der Waals surface area contributed by atoms with Crippen LogP contribution >= 0.6 is 11.6 Å². The van der Waals surface area contributed by atoms with Crippen molar-refractivity contribution in [1.82, 2.24) is 0 Å². The predicted octanol–water partition coefficient (Wildman–Crippen LogP) is 4.13. The molecule has 2 N–H and O–H groups in total. The van der Waals surface area contributed by atoms with Gasteiger partial charge in [0, 0.05) is 23.0 Å². The number of hydrogen-bond donors (Lipinski definition) is 2. The van der Waals surface area contributed by atoms with Crippen LogP contribution in [0.15, 0.2) is 48.5 Å². The van der Waals surface area contributed by atoms with Gasteiger partial charge in [-0.25, -0.2) is 0 Å². The summed E-state index contributed by atoms with van der Waals surface area (Å²) in [5.74, 6) is -0.134. The molecule has 2 fully saturated rings. The van der Waals surface area contributed by atoms with Crippen molar-refractivity contribution in [3.05, 3.63) is 59.1 Å². The van der Waals surface area contributed by atoms with Gasteiger partial charge in [-0.2, -0.15) is 0 Å². The number of benzene rings is 2. The van der Waals surface area contributed by atoms with Crippen LogP contribution in [0.4, 0.5) is 11.4 Å². The Hall–Kier alpha value is -2.37. The maximum Gasteiger partial charge on any atom is 0.253 e. The zero-order chi connectivity index (χ0) is 18.9. The Balaban J connectivity index is 1.39. The van der Waals surface area contributed by atoms with Crippen LogP contribution in [0.2, 0.25) is 5.02 Å². The minimum atomic E-state index is -0.461.